The van der Waals surface area contributed by atoms with E-state index in [1.54, 1.807) is 29.2 Å². The Morgan fingerprint density at radius 1 is 0.833 bits per heavy atom. The van der Waals surface area contributed by atoms with E-state index in [2.05, 4.69) is 0 Å². The van der Waals surface area contributed by atoms with Crippen molar-refractivity contribution in [2.75, 3.05) is 26.2 Å². The number of amides is 1. The van der Waals surface area contributed by atoms with Crippen LogP contribution in [0, 0.1) is 13.8 Å². The summed E-state index contributed by atoms with van der Waals surface area (Å²) in [7, 11) is -3.54. The molecular weight excluding hydrogens is 416 g/mol. The average molecular weight is 441 g/mol. The summed E-state index contributed by atoms with van der Waals surface area (Å²) in [5.41, 5.74) is 4.14. The minimum Gasteiger partial charge on any atom is -0.335 e. The first kappa shape index (κ1) is 20.8. The number of hydrogen-bond acceptors (Lipinski definition) is 4. The quantitative estimate of drug-likeness (QED) is 0.612. The molecule has 2 aromatic carbocycles. The van der Waals surface area contributed by atoms with Gasteiger partial charge >= 0.3 is 0 Å². The van der Waals surface area contributed by atoms with E-state index in [1.165, 1.54) is 21.2 Å². The number of carbonyl (C=O) groups is 1. The SMILES string of the molecule is Cc1ccc(-c2ccsc2C(=O)N2CCN(S(=O)(=O)c3ccc(C)cc3)CC2)cc1. The molecule has 1 aromatic heterocycles. The molecule has 0 atom stereocenters. The highest BCUT2D eigenvalue weighted by Gasteiger charge is 2.31. The molecule has 4 rings (SSSR count). The number of piperazine rings is 1. The van der Waals surface area contributed by atoms with Crippen LogP contribution in [0.15, 0.2) is 64.9 Å². The monoisotopic (exact) mass is 440 g/mol. The van der Waals surface area contributed by atoms with Crippen molar-refractivity contribution in [1.29, 1.82) is 0 Å². The van der Waals surface area contributed by atoms with Crippen LogP contribution in [0.3, 0.4) is 0 Å². The van der Waals surface area contributed by atoms with Crippen molar-refractivity contribution < 1.29 is 13.2 Å². The molecule has 1 saturated heterocycles. The third kappa shape index (κ3) is 4.05. The zero-order valence-corrected chi connectivity index (χ0v) is 18.7. The second-order valence-corrected chi connectivity index (χ2v) is 10.4. The molecule has 0 N–H and O–H groups in total. The highest BCUT2D eigenvalue weighted by molar-refractivity contribution is 7.89. The van der Waals surface area contributed by atoms with Crippen molar-refractivity contribution in [1.82, 2.24) is 9.21 Å². The minimum atomic E-state index is -3.54. The molecule has 1 amide bonds. The summed E-state index contributed by atoms with van der Waals surface area (Å²) >= 11 is 1.43. The fourth-order valence-electron chi connectivity index (χ4n) is 3.57. The predicted molar refractivity (Wildman–Crippen MR) is 120 cm³/mol. The van der Waals surface area contributed by atoms with Gasteiger partial charge in [-0.25, -0.2) is 8.42 Å². The summed E-state index contributed by atoms with van der Waals surface area (Å²) in [5, 5.41) is 1.93. The Morgan fingerprint density at radius 2 is 1.40 bits per heavy atom. The van der Waals surface area contributed by atoms with E-state index >= 15 is 0 Å². The fourth-order valence-corrected chi connectivity index (χ4v) is 5.87. The van der Waals surface area contributed by atoms with Gasteiger partial charge in [0.25, 0.3) is 5.91 Å². The normalized spacial score (nSPS) is 15.3. The van der Waals surface area contributed by atoms with Crippen molar-refractivity contribution in [3.63, 3.8) is 0 Å². The van der Waals surface area contributed by atoms with Gasteiger partial charge in [0.15, 0.2) is 0 Å². The van der Waals surface area contributed by atoms with E-state index in [9.17, 15) is 13.2 Å². The van der Waals surface area contributed by atoms with E-state index in [1.807, 2.05) is 49.6 Å². The Labute approximate surface area is 181 Å². The lowest BCUT2D eigenvalue weighted by molar-refractivity contribution is 0.0703. The molecule has 3 aromatic rings. The van der Waals surface area contributed by atoms with Crippen LogP contribution in [0.25, 0.3) is 11.1 Å². The molecule has 0 unspecified atom stereocenters. The van der Waals surface area contributed by atoms with Crippen molar-refractivity contribution in [2.24, 2.45) is 0 Å². The van der Waals surface area contributed by atoms with Crippen LogP contribution in [0.2, 0.25) is 0 Å². The maximum absolute atomic E-state index is 13.2. The third-order valence-electron chi connectivity index (χ3n) is 5.41. The predicted octanol–water partition coefficient (Wildman–Crippen LogP) is 4.18. The summed E-state index contributed by atoms with van der Waals surface area (Å²) in [6, 6.07) is 17.0. The molecule has 0 aliphatic carbocycles. The van der Waals surface area contributed by atoms with Crippen LogP contribution in [-0.2, 0) is 10.0 Å². The molecule has 2 heterocycles. The molecule has 0 bridgehead atoms. The first-order valence-electron chi connectivity index (χ1n) is 9.87. The summed E-state index contributed by atoms with van der Waals surface area (Å²) in [6.07, 6.45) is 0. The molecule has 0 saturated carbocycles. The van der Waals surface area contributed by atoms with Crippen LogP contribution < -0.4 is 0 Å². The fraction of sp³-hybridized carbons (Fsp3) is 0.261. The Kier molecular flexibility index (Phi) is 5.77. The van der Waals surface area contributed by atoms with Gasteiger partial charge in [0.1, 0.15) is 0 Å². The maximum Gasteiger partial charge on any atom is 0.264 e. The summed E-state index contributed by atoms with van der Waals surface area (Å²) < 4.78 is 27.3. The smallest absolute Gasteiger partial charge is 0.264 e. The van der Waals surface area contributed by atoms with E-state index < -0.39 is 10.0 Å². The van der Waals surface area contributed by atoms with Gasteiger partial charge in [0.2, 0.25) is 10.0 Å². The van der Waals surface area contributed by atoms with Crippen LogP contribution >= 0.6 is 11.3 Å². The van der Waals surface area contributed by atoms with E-state index in [-0.39, 0.29) is 5.91 Å². The van der Waals surface area contributed by atoms with E-state index in [0.29, 0.717) is 36.0 Å². The van der Waals surface area contributed by atoms with Gasteiger partial charge in [-0.3, -0.25) is 4.79 Å². The summed E-state index contributed by atoms with van der Waals surface area (Å²) in [4.78, 5) is 15.9. The first-order valence-corrected chi connectivity index (χ1v) is 12.2. The van der Waals surface area contributed by atoms with E-state index in [4.69, 9.17) is 0 Å². The van der Waals surface area contributed by atoms with Crippen molar-refractivity contribution in [3.8, 4) is 11.1 Å². The number of thiophene rings is 1. The first-order chi connectivity index (χ1) is 14.4. The van der Waals surface area contributed by atoms with Gasteiger partial charge in [0, 0.05) is 31.7 Å². The zero-order valence-electron chi connectivity index (χ0n) is 17.0. The Bertz CT molecular complexity index is 1140. The lowest BCUT2D eigenvalue weighted by Crippen LogP contribution is -2.50. The summed E-state index contributed by atoms with van der Waals surface area (Å²) in [6.45, 7) is 5.33. The van der Waals surface area contributed by atoms with Gasteiger partial charge in [-0.2, -0.15) is 4.31 Å². The highest BCUT2D eigenvalue weighted by Crippen LogP contribution is 2.30. The van der Waals surface area contributed by atoms with Crippen LogP contribution in [-0.4, -0.2) is 49.7 Å². The van der Waals surface area contributed by atoms with Crippen LogP contribution in [0.1, 0.15) is 20.8 Å². The number of sulfonamides is 1. The van der Waals surface area contributed by atoms with Crippen LogP contribution in [0.5, 0.6) is 0 Å². The Balaban J connectivity index is 1.47. The molecule has 0 spiro atoms. The molecule has 30 heavy (non-hydrogen) atoms. The lowest BCUT2D eigenvalue weighted by Gasteiger charge is -2.34. The number of carbonyl (C=O) groups excluding carboxylic acids is 1. The van der Waals surface area contributed by atoms with Gasteiger partial charge in [-0.15, -0.1) is 11.3 Å². The molecular formula is C23H24N2O3S2. The topological polar surface area (TPSA) is 57.7 Å². The molecule has 5 nitrogen and oxygen atoms in total. The second-order valence-electron chi connectivity index (χ2n) is 7.54. The second kappa shape index (κ2) is 8.34. The maximum atomic E-state index is 13.2. The summed E-state index contributed by atoms with van der Waals surface area (Å²) in [5.74, 6) is -0.0343. The van der Waals surface area contributed by atoms with Gasteiger partial charge in [-0.1, -0.05) is 47.5 Å². The average Bonchev–Trinajstić information content (AvgIpc) is 3.24. The number of hydrogen-bond donors (Lipinski definition) is 0. The number of nitrogens with zero attached hydrogens (tertiary/aromatic N) is 2. The molecule has 7 heteroatoms. The van der Waals surface area contributed by atoms with Gasteiger partial charge in [-0.05, 0) is 43.0 Å². The Morgan fingerprint density at radius 3 is 2.00 bits per heavy atom. The number of rotatable bonds is 4. The zero-order chi connectivity index (χ0) is 21.3. The van der Waals surface area contributed by atoms with Gasteiger partial charge < -0.3 is 4.90 Å². The van der Waals surface area contributed by atoms with Crippen LogP contribution in [0.4, 0.5) is 0 Å². The molecule has 1 fully saturated rings. The largest absolute Gasteiger partial charge is 0.335 e. The Hall–Kier alpha value is -2.48. The minimum absolute atomic E-state index is 0.0343. The standard InChI is InChI=1S/C23H24N2O3S2/c1-17-3-7-19(8-4-17)21-11-16-29-22(21)23(26)24-12-14-25(15-13-24)30(27,28)20-9-5-18(2)6-10-20/h3-11,16H,12-15H2,1-2H3. The van der Waals surface area contributed by atoms with E-state index in [0.717, 1.165) is 16.7 Å². The van der Waals surface area contributed by atoms with Crippen molar-refractivity contribution in [2.45, 2.75) is 18.7 Å². The number of benzene rings is 2. The molecule has 1 aliphatic rings. The van der Waals surface area contributed by atoms with Crippen molar-refractivity contribution >= 4 is 27.3 Å². The molecule has 1 aliphatic heterocycles. The highest BCUT2D eigenvalue weighted by atomic mass is 32.2. The third-order valence-corrected chi connectivity index (χ3v) is 8.22. The molecule has 156 valence electrons. The lowest BCUT2D eigenvalue weighted by atomic mass is 10.0. The molecule has 0 radical (unpaired) electrons. The number of aryl methyl sites for hydroxylation is 2. The van der Waals surface area contributed by atoms with Gasteiger partial charge in [0.05, 0.1) is 9.77 Å². The van der Waals surface area contributed by atoms with Crippen molar-refractivity contribution in [3.05, 3.63) is 76.0 Å².